The summed E-state index contributed by atoms with van der Waals surface area (Å²) in [5, 5.41) is 9.33. The topological polar surface area (TPSA) is 68.8 Å². The Hall–Kier alpha value is -1.35. The Morgan fingerprint density at radius 3 is 2.33 bits per heavy atom. The van der Waals surface area contributed by atoms with Gasteiger partial charge in [0.1, 0.15) is 0 Å². The first-order chi connectivity index (χ1) is 12.7. The van der Waals surface area contributed by atoms with E-state index in [0.717, 1.165) is 31.0 Å². The standard InChI is InChI=1S/C20H33N5O.HI/c1-21-19(26)18-10-8-17(9-11-18)16-24-20(22-2)23-12-7-15-25-13-5-3-4-6-14-25;/h8-11H,3-7,12-16H2,1-2H3,(H,21,26)(H2,22,23,24);1H. The molecule has 1 amide bonds. The van der Waals surface area contributed by atoms with Crippen molar-refractivity contribution in [2.24, 2.45) is 4.99 Å². The molecule has 1 fully saturated rings. The summed E-state index contributed by atoms with van der Waals surface area (Å²) in [5.74, 6) is 0.752. The molecule has 1 saturated heterocycles. The van der Waals surface area contributed by atoms with Gasteiger partial charge in [0.25, 0.3) is 5.91 Å². The van der Waals surface area contributed by atoms with Gasteiger partial charge in [-0.3, -0.25) is 9.79 Å². The van der Waals surface area contributed by atoms with Crippen LogP contribution < -0.4 is 16.0 Å². The molecule has 3 N–H and O–H groups in total. The summed E-state index contributed by atoms with van der Waals surface area (Å²) >= 11 is 0. The van der Waals surface area contributed by atoms with Crippen LogP contribution in [0.2, 0.25) is 0 Å². The molecule has 27 heavy (non-hydrogen) atoms. The Kier molecular flexibility index (Phi) is 12.1. The molecule has 1 aromatic carbocycles. The predicted octanol–water partition coefficient (Wildman–Crippen LogP) is 2.60. The third kappa shape index (κ3) is 8.92. The van der Waals surface area contributed by atoms with E-state index in [1.807, 2.05) is 24.3 Å². The van der Waals surface area contributed by atoms with E-state index in [1.165, 1.54) is 38.8 Å². The zero-order chi connectivity index (χ0) is 18.6. The van der Waals surface area contributed by atoms with E-state index in [1.54, 1.807) is 14.1 Å². The number of amides is 1. The average Bonchev–Trinajstić information content (AvgIpc) is 2.96. The van der Waals surface area contributed by atoms with Gasteiger partial charge < -0.3 is 20.9 Å². The number of guanidine groups is 1. The number of nitrogens with zero attached hydrogens (tertiary/aromatic N) is 2. The number of carbonyl (C=O) groups is 1. The smallest absolute Gasteiger partial charge is 0.251 e. The fourth-order valence-electron chi connectivity index (χ4n) is 3.19. The number of halogens is 1. The second-order valence-electron chi connectivity index (χ2n) is 6.74. The van der Waals surface area contributed by atoms with E-state index in [0.29, 0.717) is 12.1 Å². The molecule has 1 aliphatic heterocycles. The normalized spacial score (nSPS) is 15.4. The van der Waals surface area contributed by atoms with Crippen LogP contribution in [0.15, 0.2) is 29.3 Å². The van der Waals surface area contributed by atoms with Crippen molar-refractivity contribution in [2.75, 3.05) is 40.3 Å². The first kappa shape index (κ1) is 23.7. The molecular weight excluding hydrogens is 453 g/mol. The van der Waals surface area contributed by atoms with Gasteiger partial charge in [-0.15, -0.1) is 24.0 Å². The van der Waals surface area contributed by atoms with E-state index in [2.05, 4.69) is 25.8 Å². The quantitative estimate of drug-likeness (QED) is 0.240. The molecule has 0 atom stereocenters. The summed E-state index contributed by atoms with van der Waals surface area (Å²) in [6, 6.07) is 7.61. The van der Waals surface area contributed by atoms with Crippen molar-refractivity contribution in [1.29, 1.82) is 0 Å². The lowest BCUT2D eigenvalue weighted by atomic mass is 10.1. The lowest BCUT2D eigenvalue weighted by molar-refractivity contribution is 0.0963. The number of nitrogens with one attached hydrogen (secondary N) is 3. The molecule has 0 bridgehead atoms. The molecule has 152 valence electrons. The Morgan fingerprint density at radius 2 is 1.74 bits per heavy atom. The van der Waals surface area contributed by atoms with Crippen molar-refractivity contribution in [2.45, 2.75) is 38.6 Å². The summed E-state index contributed by atoms with van der Waals surface area (Å²) in [6.45, 7) is 5.26. The summed E-state index contributed by atoms with van der Waals surface area (Å²) in [7, 11) is 3.43. The van der Waals surface area contributed by atoms with Crippen molar-refractivity contribution in [1.82, 2.24) is 20.9 Å². The number of hydrogen-bond donors (Lipinski definition) is 3. The van der Waals surface area contributed by atoms with Crippen LogP contribution in [-0.2, 0) is 6.54 Å². The van der Waals surface area contributed by atoms with Crippen molar-refractivity contribution in [3.63, 3.8) is 0 Å². The van der Waals surface area contributed by atoms with Crippen molar-refractivity contribution in [3.8, 4) is 0 Å². The minimum Gasteiger partial charge on any atom is -0.356 e. The Morgan fingerprint density at radius 1 is 1.07 bits per heavy atom. The molecular formula is C20H34IN5O. The van der Waals surface area contributed by atoms with Crippen LogP contribution in [0.5, 0.6) is 0 Å². The molecule has 0 unspecified atom stereocenters. The van der Waals surface area contributed by atoms with E-state index in [-0.39, 0.29) is 29.9 Å². The van der Waals surface area contributed by atoms with Crippen molar-refractivity contribution < 1.29 is 4.79 Å². The van der Waals surface area contributed by atoms with Gasteiger partial charge >= 0.3 is 0 Å². The van der Waals surface area contributed by atoms with Crippen LogP contribution in [-0.4, -0.2) is 57.0 Å². The van der Waals surface area contributed by atoms with Gasteiger partial charge in [-0.25, -0.2) is 0 Å². The lowest BCUT2D eigenvalue weighted by Gasteiger charge is -2.20. The van der Waals surface area contributed by atoms with Crippen LogP contribution in [0.25, 0.3) is 0 Å². The number of hydrogen-bond acceptors (Lipinski definition) is 3. The zero-order valence-corrected chi connectivity index (χ0v) is 18.9. The second-order valence-corrected chi connectivity index (χ2v) is 6.74. The van der Waals surface area contributed by atoms with Crippen molar-refractivity contribution in [3.05, 3.63) is 35.4 Å². The number of rotatable bonds is 7. The van der Waals surface area contributed by atoms with Gasteiger partial charge in [-0.05, 0) is 56.6 Å². The van der Waals surface area contributed by atoms with E-state index >= 15 is 0 Å². The van der Waals surface area contributed by atoms with Gasteiger partial charge in [0, 0.05) is 32.7 Å². The summed E-state index contributed by atoms with van der Waals surface area (Å²) < 4.78 is 0. The van der Waals surface area contributed by atoms with Crippen LogP contribution in [0.4, 0.5) is 0 Å². The maximum atomic E-state index is 11.6. The van der Waals surface area contributed by atoms with Crippen molar-refractivity contribution >= 4 is 35.8 Å². The average molecular weight is 487 g/mol. The number of benzene rings is 1. The van der Waals surface area contributed by atoms with E-state index in [4.69, 9.17) is 0 Å². The molecule has 2 rings (SSSR count). The van der Waals surface area contributed by atoms with E-state index in [9.17, 15) is 4.79 Å². The first-order valence-electron chi connectivity index (χ1n) is 9.71. The molecule has 7 heteroatoms. The molecule has 1 heterocycles. The Labute approximate surface area is 180 Å². The molecule has 1 aromatic rings. The van der Waals surface area contributed by atoms with Crippen LogP contribution in [0, 0.1) is 0 Å². The summed E-state index contributed by atoms with van der Waals surface area (Å²) in [6.07, 6.45) is 6.58. The molecule has 0 aromatic heterocycles. The molecule has 1 aliphatic rings. The van der Waals surface area contributed by atoms with Crippen LogP contribution in [0.1, 0.15) is 48.0 Å². The third-order valence-corrected chi connectivity index (χ3v) is 4.77. The minimum atomic E-state index is -0.0635. The van der Waals surface area contributed by atoms with Gasteiger partial charge in [-0.2, -0.15) is 0 Å². The Balaban J connectivity index is 0.00000364. The molecule has 0 aliphatic carbocycles. The van der Waals surface area contributed by atoms with Gasteiger partial charge in [0.2, 0.25) is 0 Å². The number of carbonyl (C=O) groups excluding carboxylic acids is 1. The largest absolute Gasteiger partial charge is 0.356 e. The molecule has 6 nitrogen and oxygen atoms in total. The number of aliphatic imine (C=N–C) groups is 1. The third-order valence-electron chi connectivity index (χ3n) is 4.77. The highest BCUT2D eigenvalue weighted by Gasteiger charge is 2.08. The highest BCUT2D eigenvalue weighted by atomic mass is 127. The second kappa shape index (κ2) is 13.8. The molecule has 0 radical (unpaired) electrons. The highest BCUT2D eigenvalue weighted by molar-refractivity contribution is 14.0. The van der Waals surface area contributed by atoms with E-state index < -0.39 is 0 Å². The Bertz CT molecular complexity index is 568. The van der Waals surface area contributed by atoms with Gasteiger partial charge in [-0.1, -0.05) is 25.0 Å². The maximum absolute atomic E-state index is 11.6. The summed E-state index contributed by atoms with van der Waals surface area (Å²) in [4.78, 5) is 18.4. The monoisotopic (exact) mass is 487 g/mol. The SMILES string of the molecule is CN=C(NCCCN1CCCCCC1)NCc1ccc(C(=O)NC)cc1.I. The minimum absolute atomic E-state index is 0. The van der Waals surface area contributed by atoms with Crippen LogP contribution >= 0.6 is 24.0 Å². The van der Waals surface area contributed by atoms with Crippen LogP contribution in [0.3, 0.4) is 0 Å². The summed E-state index contributed by atoms with van der Waals surface area (Å²) in [5.41, 5.74) is 1.79. The highest BCUT2D eigenvalue weighted by Crippen LogP contribution is 2.09. The zero-order valence-electron chi connectivity index (χ0n) is 16.6. The lowest BCUT2D eigenvalue weighted by Crippen LogP contribution is -2.38. The fourth-order valence-corrected chi connectivity index (χ4v) is 3.19. The maximum Gasteiger partial charge on any atom is 0.251 e. The molecule has 0 spiro atoms. The predicted molar refractivity (Wildman–Crippen MR) is 123 cm³/mol. The first-order valence-corrected chi connectivity index (χ1v) is 9.71. The van der Waals surface area contributed by atoms with Gasteiger partial charge in [0.15, 0.2) is 5.96 Å². The van der Waals surface area contributed by atoms with Gasteiger partial charge in [0.05, 0.1) is 0 Å². The fraction of sp³-hybridized carbons (Fsp3) is 0.600. The number of likely N-dealkylation sites (tertiary alicyclic amines) is 1. The molecule has 0 saturated carbocycles.